The number of carbonyl (C=O) groups excluding carboxylic acids is 1. The minimum absolute atomic E-state index is 0.0805. The zero-order valence-corrected chi connectivity index (χ0v) is 13.0. The summed E-state index contributed by atoms with van der Waals surface area (Å²) in [7, 11) is 0. The lowest BCUT2D eigenvalue weighted by molar-refractivity contribution is 0.0922. The molecule has 118 valence electrons. The molecule has 1 aromatic carbocycles. The van der Waals surface area contributed by atoms with Gasteiger partial charge in [-0.05, 0) is 45.0 Å². The topological polar surface area (TPSA) is 87.4 Å². The lowest BCUT2D eigenvalue weighted by Crippen LogP contribution is -2.34. The van der Waals surface area contributed by atoms with Gasteiger partial charge in [-0.3, -0.25) is 4.79 Å². The van der Waals surface area contributed by atoms with Crippen LogP contribution in [-0.2, 0) is 6.54 Å². The van der Waals surface area contributed by atoms with Crippen molar-refractivity contribution < 1.29 is 14.4 Å². The molecule has 1 aromatic heterocycles. The fourth-order valence-electron chi connectivity index (χ4n) is 2.04. The number of aryl methyl sites for hydroxylation is 2. The molecule has 0 saturated carbocycles. The summed E-state index contributed by atoms with van der Waals surface area (Å²) in [5, 5.41) is 18.8. The molecule has 0 saturated heterocycles. The zero-order valence-electron chi connectivity index (χ0n) is 13.0. The van der Waals surface area contributed by atoms with Crippen LogP contribution in [0.3, 0.4) is 0 Å². The number of hydrogen-bond acceptors (Lipinski definition) is 5. The smallest absolute Gasteiger partial charge is 0.251 e. The third-order valence-electron chi connectivity index (χ3n) is 3.45. The van der Waals surface area contributed by atoms with Gasteiger partial charge in [0.2, 0.25) is 0 Å². The molecule has 0 fully saturated rings. The molecular formula is C16H21N3O3. The SMILES string of the molecule is Cc1noc(C)c1CNc1ccc(C(=O)NC(C)CO)cc1. The van der Waals surface area contributed by atoms with Gasteiger partial charge in [-0.2, -0.15) is 0 Å². The van der Waals surface area contributed by atoms with E-state index in [2.05, 4.69) is 15.8 Å². The molecule has 1 amide bonds. The summed E-state index contributed by atoms with van der Waals surface area (Å²) in [6.07, 6.45) is 0. The summed E-state index contributed by atoms with van der Waals surface area (Å²) in [6.45, 7) is 6.07. The van der Waals surface area contributed by atoms with E-state index in [1.165, 1.54) is 0 Å². The predicted octanol–water partition coefficient (Wildman–Crippen LogP) is 2.01. The number of aromatic nitrogens is 1. The minimum Gasteiger partial charge on any atom is -0.394 e. The number of rotatable bonds is 6. The van der Waals surface area contributed by atoms with E-state index in [1.807, 2.05) is 26.0 Å². The van der Waals surface area contributed by atoms with Crippen molar-refractivity contribution in [3.05, 3.63) is 46.8 Å². The molecule has 0 aliphatic heterocycles. The van der Waals surface area contributed by atoms with Gasteiger partial charge in [0.25, 0.3) is 5.91 Å². The van der Waals surface area contributed by atoms with Gasteiger partial charge in [0, 0.05) is 29.4 Å². The summed E-state index contributed by atoms with van der Waals surface area (Å²) < 4.78 is 5.12. The number of nitrogens with zero attached hydrogens (tertiary/aromatic N) is 1. The number of hydrogen-bond donors (Lipinski definition) is 3. The van der Waals surface area contributed by atoms with Gasteiger partial charge < -0.3 is 20.3 Å². The Hall–Kier alpha value is -2.34. The first-order valence-electron chi connectivity index (χ1n) is 7.18. The third kappa shape index (κ3) is 3.85. The van der Waals surface area contributed by atoms with Gasteiger partial charge in [0.05, 0.1) is 12.3 Å². The fraction of sp³-hybridized carbons (Fsp3) is 0.375. The molecule has 0 aliphatic carbocycles. The Kier molecular flexibility index (Phi) is 5.16. The largest absolute Gasteiger partial charge is 0.394 e. The number of anilines is 1. The molecule has 2 aromatic rings. The van der Waals surface area contributed by atoms with Crippen molar-refractivity contribution in [2.24, 2.45) is 0 Å². The van der Waals surface area contributed by atoms with Crippen LogP contribution in [0.4, 0.5) is 5.69 Å². The highest BCUT2D eigenvalue weighted by Gasteiger charge is 2.10. The molecule has 1 heterocycles. The summed E-state index contributed by atoms with van der Waals surface area (Å²) in [5.41, 5.74) is 3.38. The maximum atomic E-state index is 11.9. The number of aliphatic hydroxyl groups is 1. The van der Waals surface area contributed by atoms with Crippen molar-refractivity contribution in [1.82, 2.24) is 10.5 Å². The Morgan fingerprint density at radius 3 is 2.55 bits per heavy atom. The average Bonchev–Trinajstić information content (AvgIpc) is 2.84. The maximum Gasteiger partial charge on any atom is 0.251 e. The average molecular weight is 303 g/mol. The fourth-order valence-corrected chi connectivity index (χ4v) is 2.04. The molecule has 1 unspecified atom stereocenters. The van der Waals surface area contributed by atoms with Crippen LogP contribution >= 0.6 is 0 Å². The quantitative estimate of drug-likeness (QED) is 0.760. The first-order chi connectivity index (χ1) is 10.5. The van der Waals surface area contributed by atoms with E-state index in [0.29, 0.717) is 12.1 Å². The van der Waals surface area contributed by atoms with Gasteiger partial charge in [0.15, 0.2) is 0 Å². The lowest BCUT2D eigenvalue weighted by atomic mass is 10.1. The molecule has 0 spiro atoms. The molecule has 3 N–H and O–H groups in total. The second-order valence-corrected chi connectivity index (χ2v) is 5.29. The van der Waals surface area contributed by atoms with Crippen molar-refractivity contribution in [2.75, 3.05) is 11.9 Å². The molecule has 1 atom stereocenters. The van der Waals surface area contributed by atoms with Crippen LogP contribution < -0.4 is 10.6 Å². The highest BCUT2D eigenvalue weighted by molar-refractivity contribution is 5.94. The number of benzene rings is 1. The highest BCUT2D eigenvalue weighted by Crippen LogP contribution is 2.16. The van der Waals surface area contributed by atoms with Crippen molar-refractivity contribution >= 4 is 11.6 Å². The maximum absolute atomic E-state index is 11.9. The van der Waals surface area contributed by atoms with Crippen LogP contribution in [0.5, 0.6) is 0 Å². The van der Waals surface area contributed by atoms with Crippen molar-refractivity contribution in [2.45, 2.75) is 33.4 Å². The lowest BCUT2D eigenvalue weighted by Gasteiger charge is -2.11. The van der Waals surface area contributed by atoms with Crippen LogP contribution in [0.25, 0.3) is 0 Å². The van der Waals surface area contributed by atoms with E-state index in [-0.39, 0.29) is 18.6 Å². The summed E-state index contributed by atoms with van der Waals surface area (Å²) in [6, 6.07) is 6.92. The molecular weight excluding hydrogens is 282 g/mol. The second kappa shape index (κ2) is 7.09. The van der Waals surface area contributed by atoms with E-state index in [9.17, 15) is 4.79 Å². The van der Waals surface area contributed by atoms with Gasteiger partial charge in [-0.25, -0.2) is 0 Å². The van der Waals surface area contributed by atoms with E-state index in [0.717, 1.165) is 22.7 Å². The summed E-state index contributed by atoms with van der Waals surface area (Å²) >= 11 is 0. The van der Waals surface area contributed by atoms with Crippen LogP contribution in [0, 0.1) is 13.8 Å². The normalized spacial score (nSPS) is 12.0. The number of amides is 1. The number of aliphatic hydroxyl groups excluding tert-OH is 1. The standard InChI is InChI=1S/C16H21N3O3/c1-10(9-20)18-16(21)13-4-6-14(7-5-13)17-8-15-11(2)19-22-12(15)3/h4-7,10,17,20H,8-9H2,1-3H3,(H,18,21). The van der Waals surface area contributed by atoms with Gasteiger partial charge >= 0.3 is 0 Å². The predicted molar refractivity (Wildman–Crippen MR) is 83.8 cm³/mol. The van der Waals surface area contributed by atoms with Gasteiger partial charge in [-0.15, -0.1) is 0 Å². The van der Waals surface area contributed by atoms with Crippen LogP contribution in [0.1, 0.15) is 34.3 Å². The molecule has 6 nitrogen and oxygen atoms in total. The molecule has 22 heavy (non-hydrogen) atoms. The third-order valence-corrected chi connectivity index (χ3v) is 3.45. The summed E-state index contributed by atoms with van der Waals surface area (Å²) in [4.78, 5) is 11.9. The second-order valence-electron chi connectivity index (χ2n) is 5.29. The van der Waals surface area contributed by atoms with E-state index >= 15 is 0 Å². The zero-order chi connectivity index (χ0) is 16.1. The highest BCUT2D eigenvalue weighted by atomic mass is 16.5. The van der Waals surface area contributed by atoms with Gasteiger partial charge in [0.1, 0.15) is 5.76 Å². The van der Waals surface area contributed by atoms with Gasteiger partial charge in [-0.1, -0.05) is 5.16 Å². The van der Waals surface area contributed by atoms with Crippen molar-refractivity contribution in [3.63, 3.8) is 0 Å². The molecule has 0 radical (unpaired) electrons. The Morgan fingerprint density at radius 2 is 2.00 bits per heavy atom. The van der Waals surface area contributed by atoms with Crippen LogP contribution in [-0.4, -0.2) is 28.8 Å². The molecule has 0 aliphatic rings. The summed E-state index contributed by atoms with van der Waals surface area (Å²) in [5.74, 6) is 0.609. The Labute approximate surface area is 129 Å². The Bertz CT molecular complexity index is 615. The van der Waals surface area contributed by atoms with Crippen LogP contribution in [0.15, 0.2) is 28.8 Å². The number of nitrogens with one attached hydrogen (secondary N) is 2. The molecule has 0 bridgehead atoms. The van der Waals surface area contributed by atoms with E-state index in [4.69, 9.17) is 9.63 Å². The van der Waals surface area contributed by atoms with Crippen molar-refractivity contribution in [3.8, 4) is 0 Å². The van der Waals surface area contributed by atoms with Crippen molar-refractivity contribution in [1.29, 1.82) is 0 Å². The first-order valence-corrected chi connectivity index (χ1v) is 7.18. The minimum atomic E-state index is -0.259. The molecule has 2 rings (SSSR count). The molecule has 6 heteroatoms. The first kappa shape index (κ1) is 16.0. The Morgan fingerprint density at radius 1 is 1.32 bits per heavy atom. The van der Waals surface area contributed by atoms with E-state index in [1.54, 1.807) is 19.1 Å². The number of carbonyl (C=O) groups is 1. The Balaban J connectivity index is 1.96. The van der Waals surface area contributed by atoms with Crippen LogP contribution in [0.2, 0.25) is 0 Å². The monoisotopic (exact) mass is 303 g/mol. The van der Waals surface area contributed by atoms with E-state index < -0.39 is 0 Å².